The van der Waals surface area contributed by atoms with Gasteiger partial charge in [-0.15, -0.1) is 0 Å². The van der Waals surface area contributed by atoms with Crippen LogP contribution < -0.4 is 0 Å². The lowest BCUT2D eigenvalue weighted by Crippen LogP contribution is -2.14. The Labute approximate surface area is 73.1 Å². The van der Waals surface area contributed by atoms with Crippen LogP contribution in [0.2, 0.25) is 0 Å². The minimum Gasteiger partial charge on any atom is -0.423 e. The Morgan fingerprint density at radius 2 is 2.08 bits per heavy atom. The van der Waals surface area contributed by atoms with Gasteiger partial charge in [-0.2, -0.15) is 0 Å². The van der Waals surface area contributed by atoms with Crippen LogP contribution in [0.1, 0.15) is 19.3 Å². The molecule has 0 saturated carbocycles. The van der Waals surface area contributed by atoms with Crippen LogP contribution in [0.4, 0.5) is 0 Å². The number of rotatable bonds is 2. The summed E-state index contributed by atoms with van der Waals surface area (Å²) in [6.45, 7) is 3.67. The van der Waals surface area contributed by atoms with Crippen molar-refractivity contribution in [1.82, 2.24) is 0 Å². The lowest BCUT2D eigenvalue weighted by molar-refractivity contribution is 0.416. The summed E-state index contributed by atoms with van der Waals surface area (Å²) < 4.78 is 0. The molecule has 0 aromatic rings. The van der Waals surface area contributed by atoms with Crippen molar-refractivity contribution in [3.05, 3.63) is 35.9 Å². The first-order chi connectivity index (χ1) is 5.74. The molecule has 2 N–H and O–H groups in total. The fourth-order valence-corrected chi connectivity index (χ4v) is 1.26. The number of allylic oxidation sites excluding steroid dienone is 5. The molecule has 0 fully saturated rings. The summed E-state index contributed by atoms with van der Waals surface area (Å²) in [4.78, 5) is 0. The molecule has 0 heterocycles. The molecular formula is C9H13BO2. The van der Waals surface area contributed by atoms with Gasteiger partial charge in [0.1, 0.15) is 0 Å². The highest BCUT2D eigenvalue weighted by molar-refractivity contribution is 6.50. The van der Waals surface area contributed by atoms with E-state index in [-0.39, 0.29) is 0 Å². The normalized spacial score (nSPS) is 17.5. The lowest BCUT2D eigenvalue weighted by atomic mass is 9.77. The molecule has 0 aromatic heterocycles. The van der Waals surface area contributed by atoms with Crippen molar-refractivity contribution in [3.63, 3.8) is 0 Å². The largest absolute Gasteiger partial charge is 0.484 e. The monoisotopic (exact) mass is 164 g/mol. The molecule has 1 aliphatic rings. The van der Waals surface area contributed by atoms with Crippen LogP contribution in [0.15, 0.2) is 35.9 Å². The molecule has 0 spiro atoms. The van der Waals surface area contributed by atoms with Gasteiger partial charge in [0.05, 0.1) is 0 Å². The average Bonchev–Trinajstić information content (AvgIpc) is 2.28. The third-order valence-electron chi connectivity index (χ3n) is 2.04. The molecule has 1 aliphatic carbocycles. The van der Waals surface area contributed by atoms with Crippen LogP contribution in [-0.2, 0) is 0 Å². The predicted octanol–water partition coefficient (Wildman–Crippen LogP) is 1.22. The summed E-state index contributed by atoms with van der Waals surface area (Å²) >= 11 is 0. The molecule has 0 bridgehead atoms. The Hall–Kier alpha value is -0.795. The molecule has 0 amide bonds. The molecule has 0 saturated heterocycles. The van der Waals surface area contributed by atoms with Gasteiger partial charge in [0.2, 0.25) is 0 Å². The highest BCUT2D eigenvalue weighted by Crippen LogP contribution is 2.18. The first kappa shape index (κ1) is 9.29. The molecular weight excluding hydrogens is 151 g/mol. The van der Waals surface area contributed by atoms with Gasteiger partial charge in [0.15, 0.2) is 0 Å². The minimum absolute atomic E-state index is 0.687. The molecule has 12 heavy (non-hydrogen) atoms. The maximum absolute atomic E-state index is 8.89. The van der Waals surface area contributed by atoms with E-state index in [2.05, 4.69) is 6.58 Å². The SMILES string of the molecule is C=CC1=CC=C(B(O)O)CCC1. The molecule has 64 valence electrons. The van der Waals surface area contributed by atoms with E-state index in [1.165, 1.54) is 0 Å². The smallest absolute Gasteiger partial charge is 0.423 e. The highest BCUT2D eigenvalue weighted by atomic mass is 16.4. The Kier molecular flexibility index (Phi) is 3.32. The topological polar surface area (TPSA) is 40.5 Å². The van der Waals surface area contributed by atoms with Crippen LogP contribution in [0.25, 0.3) is 0 Å². The van der Waals surface area contributed by atoms with Crippen LogP contribution in [0, 0.1) is 0 Å². The molecule has 1 rings (SSSR count). The zero-order valence-electron chi connectivity index (χ0n) is 7.03. The van der Waals surface area contributed by atoms with Gasteiger partial charge in [-0.25, -0.2) is 0 Å². The van der Waals surface area contributed by atoms with Crippen molar-refractivity contribution in [2.45, 2.75) is 19.3 Å². The Morgan fingerprint density at radius 1 is 1.33 bits per heavy atom. The van der Waals surface area contributed by atoms with Gasteiger partial charge in [-0.3, -0.25) is 0 Å². The second kappa shape index (κ2) is 4.29. The second-order valence-electron chi connectivity index (χ2n) is 2.91. The van der Waals surface area contributed by atoms with Crippen LogP contribution in [-0.4, -0.2) is 17.2 Å². The first-order valence-electron chi connectivity index (χ1n) is 4.12. The van der Waals surface area contributed by atoms with Crippen molar-refractivity contribution in [2.75, 3.05) is 0 Å². The molecule has 0 aliphatic heterocycles. The van der Waals surface area contributed by atoms with Crippen molar-refractivity contribution in [1.29, 1.82) is 0 Å². The van der Waals surface area contributed by atoms with E-state index in [1.807, 2.05) is 12.2 Å². The molecule has 0 aromatic carbocycles. The molecule has 0 radical (unpaired) electrons. The van der Waals surface area contributed by atoms with Gasteiger partial charge >= 0.3 is 7.12 Å². The molecule has 0 atom stereocenters. The van der Waals surface area contributed by atoms with Gasteiger partial charge in [0, 0.05) is 0 Å². The maximum Gasteiger partial charge on any atom is 0.484 e. The Morgan fingerprint density at radius 3 is 2.67 bits per heavy atom. The average molecular weight is 164 g/mol. The summed E-state index contributed by atoms with van der Waals surface area (Å²) in [5, 5.41) is 17.8. The third kappa shape index (κ3) is 2.36. The second-order valence-corrected chi connectivity index (χ2v) is 2.91. The fraction of sp³-hybridized carbons (Fsp3) is 0.333. The minimum atomic E-state index is -1.30. The third-order valence-corrected chi connectivity index (χ3v) is 2.04. The summed E-state index contributed by atoms with van der Waals surface area (Å²) in [6.07, 6.45) is 8.16. The molecule has 0 unspecified atom stereocenters. The molecule has 3 heteroatoms. The quantitative estimate of drug-likeness (QED) is 0.602. The van der Waals surface area contributed by atoms with E-state index in [0.29, 0.717) is 5.47 Å². The predicted molar refractivity (Wildman–Crippen MR) is 50.4 cm³/mol. The van der Waals surface area contributed by atoms with Crippen LogP contribution in [0.3, 0.4) is 0 Å². The van der Waals surface area contributed by atoms with Gasteiger partial charge < -0.3 is 10.0 Å². The van der Waals surface area contributed by atoms with E-state index >= 15 is 0 Å². The van der Waals surface area contributed by atoms with E-state index < -0.39 is 7.12 Å². The summed E-state index contributed by atoms with van der Waals surface area (Å²) in [5.74, 6) is 0. The lowest BCUT2D eigenvalue weighted by Gasteiger charge is -2.01. The van der Waals surface area contributed by atoms with Gasteiger partial charge in [0.25, 0.3) is 0 Å². The maximum atomic E-state index is 8.89. The van der Waals surface area contributed by atoms with E-state index in [0.717, 1.165) is 24.8 Å². The summed E-state index contributed by atoms with van der Waals surface area (Å²) in [6, 6.07) is 0. The number of hydrogen-bond acceptors (Lipinski definition) is 2. The number of hydrogen-bond donors (Lipinski definition) is 2. The summed E-state index contributed by atoms with van der Waals surface area (Å²) in [5.41, 5.74) is 1.84. The Balaban J connectivity index is 2.73. The molecule has 2 nitrogen and oxygen atoms in total. The summed E-state index contributed by atoms with van der Waals surface area (Å²) in [7, 11) is -1.30. The van der Waals surface area contributed by atoms with E-state index in [4.69, 9.17) is 10.0 Å². The zero-order valence-corrected chi connectivity index (χ0v) is 7.03. The first-order valence-corrected chi connectivity index (χ1v) is 4.12. The van der Waals surface area contributed by atoms with Crippen molar-refractivity contribution in [2.24, 2.45) is 0 Å². The van der Waals surface area contributed by atoms with Crippen molar-refractivity contribution in [3.8, 4) is 0 Å². The highest BCUT2D eigenvalue weighted by Gasteiger charge is 2.14. The van der Waals surface area contributed by atoms with Crippen LogP contribution in [0.5, 0.6) is 0 Å². The van der Waals surface area contributed by atoms with Crippen LogP contribution >= 0.6 is 0 Å². The van der Waals surface area contributed by atoms with Gasteiger partial charge in [-0.1, -0.05) is 24.8 Å². The van der Waals surface area contributed by atoms with E-state index in [9.17, 15) is 0 Å². The zero-order chi connectivity index (χ0) is 8.97. The standard InChI is InChI=1S/C9H13BO2/c1-2-8-4-3-5-9(7-6-8)10(11)12/h2,6-7,11-12H,1,3-5H2. The van der Waals surface area contributed by atoms with Crippen molar-refractivity contribution >= 4 is 7.12 Å². The van der Waals surface area contributed by atoms with Crippen molar-refractivity contribution < 1.29 is 10.0 Å². The van der Waals surface area contributed by atoms with Gasteiger partial charge in [-0.05, 0) is 30.3 Å². The Bertz CT molecular complexity index is 229. The van der Waals surface area contributed by atoms with E-state index in [1.54, 1.807) is 6.08 Å². The fourth-order valence-electron chi connectivity index (χ4n) is 1.26.